The van der Waals surface area contributed by atoms with E-state index in [9.17, 15) is 4.79 Å². The number of ether oxygens (including phenoxy) is 1. The van der Waals surface area contributed by atoms with Crippen molar-refractivity contribution in [1.29, 1.82) is 0 Å². The van der Waals surface area contributed by atoms with Gasteiger partial charge in [0, 0.05) is 6.54 Å². The molecule has 3 rings (SSSR count). The molecule has 3 saturated heterocycles. The lowest BCUT2D eigenvalue weighted by molar-refractivity contribution is -0.132. The van der Waals surface area contributed by atoms with Gasteiger partial charge in [-0.25, -0.2) is 0 Å². The van der Waals surface area contributed by atoms with Crippen LogP contribution in [0.3, 0.4) is 0 Å². The number of hydrogen-bond acceptors (Lipinski definition) is 3. The number of likely N-dealkylation sites (tertiary alicyclic amines) is 1. The highest BCUT2D eigenvalue weighted by Gasteiger charge is 2.47. The molecule has 3 fully saturated rings. The van der Waals surface area contributed by atoms with Crippen LogP contribution in [-0.4, -0.2) is 48.2 Å². The van der Waals surface area contributed by atoms with Gasteiger partial charge in [0.15, 0.2) is 0 Å². The second-order valence-electron chi connectivity index (χ2n) is 5.11. The second kappa shape index (κ2) is 4.00. The number of rotatable bonds is 3. The maximum Gasteiger partial charge on any atom is 0.240 e. The molecule has 0 aromatic rings. The zero-order chi connectivity index (χ0) is 11.1. The van der Waals surface area contributed by atoms with E-state index in [1.54, 1.807) is 0 Å². The molecule has 4 nitrogen and oxygen atoms in total. The SMILES string of the molecule is CCNC1CCN(C2CC3CCC2O3)C1=O. The van der Waals surface area contributed by atoms with E-state index >= 15 is 0 Å². The molecular formula is C12H20N2O2. The summed E-state index contributed by atoms with van der Waals surface area (Å²) in [7, 11) is 0. The van der Waals surface area contributed by atoms with Crippen LogP contribution in [0, 0.1) is 0 Å². The minimum Gasteiger partial charge on any atom is -0.373 e. The fourth-order valence-electron chi connectivity index (χ4n) is 3.41. The van der Waals surface area contributed by atoms with Gasteiger partial charge >= 0.3 is 0 Å². The Balaban J connectivity index is 1.66. The number of fused-ring (bicyclic) bond motifs is 2. The lowest BCUT2D eigenvalue weighted by atomic mass is 9.94. The number of amides is 1. The second-order valence-corrected chi connectivity index (χ2v) is 5.11. The number of likely N-dealkylation sites (N-methyl/N-ethyl adjacent to an activating group) is 1. The van der Waals surface area contributed by atoms with Gasteiger partial charge in [-0.3, -0.25) is 4.79 Å². The van der Waals surface area contributed by atoms with Crippen LogP contribution >= 0.6 is 0 Å². The van der Waals surface area contributed by atoms with Crippen LogP contribution in [0.4, 0.5) is 0 Å². The topological polar surface area (TPSA) is 41.6 Å². The predicted octanol–water partition coefficient (Wildman–Crippen LogP) is 0.517. The molecule has 1 amide bonds. The molecule has 4 heteroatoms. The van der Waals surface area contributed by atoms with E-state index < -0.39 is 0 Å². The van der Waals surface area contributed by atoms with Gasteiger partial charge in [-0.1, -0.05) is 6.92 Å². The highest BCUT2D eigenvalue weighted by Crippen LogP contribution is 2.38. The summed E-state index contributed by atoms with van der Waals surface area (Å²) in [5, 5.41) is 3.26. The van der Waals surface area contributed by atoms with Gasteiger partial charge in [-0.2, -0.15) is 0 Å². The van der Waals surface area contributed by atoms with E-state index in [4.69, 9.17) is 4.74 Å². The molecule has 3 aliphatic heterocycles. The fraction of sp³-hybridized carbons (Fsp3) is 0.917. The Morgan fingerprint density at radius 1 is 1.44 bits per heavy atom. The zero-order valence-corrected chi connectivity index (χ0v) is 9.82. The van der Waals surface area contributed by atoms with Gasteiger partial charge < -0.3 is 15.0 Å². The third kappa shape index (κ3) is 1.55. The normalized spacial score (nSPS) is 42.3. The van der Waals surface area contributed by atoms with Crippen molar-refractivity contribution in [3.05, 3.63) is 0 Å². The highest BCUT2D eigenvalue weighted by molar-refractivity contribution is 5.84. The Morgan fingerprint density at radius 2 is 2.31 bits per heavy atom. The van der Waals surface area contributed by atoms with Gasteiger partial charge in [-0.05, 0) is 32.2 Å². The molecule has 2 bridgehead atoms. The van der Waals surface area contributed by atoms with Gasteiger partial charge in [0.2, 0.25) is 5.91 Å². The van der Waals surface area contributed by atoms with Crippen LogP contribution in [-0.2, 0) is 9.53 Å². The molecule has 90 valence electrons. The van der Waals surface area contributed by atoms with Crippen molar-refractivity contribution in [2.45, 2.75) is 56.9 Å². The summed E-state index contributed by atoms with van der Waals surface area (Å²) in [6, 6.07) is 0.430. The fourth-order valence-corrected chi connectivity index (χ4v) is 3.41. The summed E-state index contributed by atoms with van der Waals surface area (Å²) in [6.45, 7) is 3.84. The molecule has 4 unspecified atom stereocenters. The minimum atomic E-state index is 0.0594. The molecule has 0 aliphatic carbocycles. The zero-order valence-electron chi connectivity index (χ0n) is 9.82. The maximum atomic E-state index is 12.2. The summed E-state index contributed by atoms with van der Waals surface area (Å²) in [5.41, 5.74) is 0. The van der Waals surface area contributed by atoms with Crippen molar-refractivity contribution < 1.29 is 9.53 Å². The van der Waals surface area contributed by atoms with Crippen LogP contribution in [0.5, 0.6) is 0 Å². The van der Waals surface area contributed by atoms with Gasteiger partial charge in [-0.15, -0.1) is 0 Å². The first-order valence-corrected chi connectivity index (χ1v) is 6.49. The summed E-state index contributed by atoms with van der Waals surface area (Å²) >= 11 is 0. The Labute approximate surface area is 96.3 Å². The number of carbonyl (C=O) groups excluding carboxylic acids is 1. The largest absolute Gasteiger partial charge is 0.373 e. The van der Waals surface area contributed by atoms with Crippen LogP contribution in [0.15, 0.2) is 0 Å². The molecule has 3 heterocycles. The van der Waals surface area contributed by atoms with E-state index in [0.717, 1.165) is 32.4 Å². The molecular weight excluding hydrogens is 204 g/mol. The molecule has 0 aromatic carbocycles. The molecule has 3 aliphatic rings. The smallest absolute Gasteiger partial charge is 0.240 e. The lowest BCUT2D eigenvalue weighted by Gasteiger charge is -2.29. The van der Waals surface area contributed by atoms with Gasteiger partial charge in [0.25, 0.3) is 0 Å². The number of nitrogens with zero attached hydrogens (tertiary/aromatic N) is 1. The average Bonchev–Trinajstić information content (AvgIpc) is 2.95. The Hall–Kier alpha value is -0.610. The van der Waals surface area contributed by atoms with Gasteiger partial charge in [0.05, 0.1) is 24.3 Å². The first-order valence-electron chi connectivity index (χ1n) is 6.49. The molecule has 0 saturated carbocycles. The first-order chi connectivity index (χ1) is 7.79. The van der Waals surface area contributed by atoms with E-state index in [2.05, 4.69) is 17.1 Å². The lowest BCUT2D eigenvalue weighted by Crippen LogP contribution is -2.46. The Morgan fingerprint density at radius 3 is 2.94 bits per heavy atom. The standard InChI is InChI=1S/C12H20N2O2/c1-2-13-9-5-6-14(12(9)15)10-7-8-3-4-11(10)16-8/h8-11,13H,2-7H2,1H3. The van der Waals surface area contributed by atoms with Crippen molar-refractivity contribution in [2.24, 2.45) is 0 Å². The molecule has 1 N–H and O–H groups in total. The molecule has 16 heavy (non-hydrogen) atoms. The van der Waals surface area contributed by atoms with Crippen LogP contribution in [0.2, 0.25) is 0 Å². The Kier molecular flexibility index (Phi) is 2.64. The quantitative estimate of drug-likeness (QED) is 0.760. The highest BCUT2D eigenvalue weighted by atomic mass is 16.5. The van der Waals surface area contributed by atoms with Crippen LogP contribution < -0.4 is 5.32 Å². The van der Waals surface area contributed by atoms with E-state index in [1.807, 2.05) is 0 Å². The van der Waals surface area contributed by atoms with Crippen molar-refractivity contribution in [1.82, 2.24) is 10.2 Å². The Bertz CT molecular complexity index is 295. The van der Waals surface area contributed by atoms with E-state index in [-0.39, 0.29) is 6.04 Å². The number of carbonyl (C=O) groups is 1. The van der Waals surface area contributed by atoms with Crippen LogP contribution in [0.25, 0.3) is 0 Å². The minimum absolute atomic E-state index is 0.0594. The van der Waals surface area contributed by atoms with Crippen molar-refractivity contribution in [2.75, 3.05) is 13.1 Å². The number of hydrogen-bond donors (Lipinski definition) is 1. The first kappa shape index (κ1) is 10.5. The molecule has 0 aromatic heterocycles. The van der Waals surface area contributed by atoms with Crippen molar-refractivity contribution >= 4 is 5.91 Å². The molecule has 4 atom stereocenters. The van der Waals surface area contributed by atoms with E-state index in [0.29, 0.717) is 24.2 Å². The summed E-state index contributed by atoms with van der Waals surface area (Å²) in [6.07, 6.45) is 5.12. The third-order valence-electron chi connectivity index (χ3n) is 4.16. The monoisotopic (exact) mass is 224 g/mol. The van der Waals surface area contributed by atoms with Crippen LogP contribution in [0.1, 0.15) is 32.6 Å². The summed E-state index contributed by atoms with van der Waals surface area (Å²) in [4.78, 5) is 14.2. The number of nitrogens with one attached hydrogen (secondary N) is 1. The average molecular weight is 224 g/mol. The predicted molar refractivity (Wildman–Crippen MR) is 60.1 cm³/mol. The maximum absolute atomic E-state index is 12.2. The summed E-state index contributed by atoms with van der Waals surface area (Å²) in [5.74, 6) is 0.294. The van der Waals surface area contributed by atoms with Crippen molar-refractivity contribution in [3.8, 4) is 0 Å². The third-order valence-corrected chi connectivity index (χ3v) is 4.16. The summed E-state index contributed by atoms with van der Waals surface area (Å²) < 4.78 is 5.83. The van der Waals surface area contributed by atoms with Crippen molar-refractivity contribution in [3.63, 3.8) is 0 Å². The molecule has 0 spiro atoms. The van der Waals surface area contributed by atoms with Gasteiger partial charge in [0.1, 0.15) is 0 Å². The molecule has 0 radical (unpaired) electrons. The van der Waals surface area contributed by atoms with E-state index in [1.165, 1.54) is 6.42 Å².